The highest BCUT2D eigenvalue weighted by Crippen LogP contribution is 2.12. The first kappa shape index (κ1) is 13.8. The van der Waals surface area contributed by atoms with Crippen LogP contribution < -0.4 is 5.56 Å². The Morgan fingerprint density at radius 1 is 1.43 bits per heavy atom. The van der Waals surface area contributed by atoms with Gasteiger partial charge in [0.2, 0.25) is 4.96 Å². The van der Waals surface area contributed by atoms with Gasteiger partial charge in [-0.2, -0.15) is 9.61 Å². The molecule has 0 aromatic carbocycles. The van der Waals surface area contributed by atoms with Gasteiger partial charge in [0, 0.05) is 24.6 Å². The van der Waals surface area contributed by atoms with Crippen molar-refractivity contribution in [2.75, 3.05) is 6.61 Å². The maximum Gasteiger partial charge on any atom is 0.275 e. The molecular weight excluding hydrogens is 292 g/mol. The van der Waals surface area contributed by atoms with Crippen LogP contribution in [0.3, 0.4) is 0 Å². The molecule has 1 N–H and O–H groups in total. The largest absolute Gasteiger partial charge is 0.396 e. The van der Waals surface area contributed by atoms with Gasteiger partial charge in [0.05, 0.1) is 12.2 Å². The zero-order valence-electron chi connectivity index (χ0n) is 11.4. The number of aliphatic hydroxyl groups excluding tert-OH is 1. The smallest absolute Gasteiger partial charge is 0.275 e. The van der Waals surface area contributed by atoms with E-state index >= 15 is 0 Å². The average molecular weight is 306 g/mol. The van der Waals surface area contributed by atoms with Crippen LogP contribution in [0.2, 0.25) is 0 Å². The normalized spacial score (nSPS) is 11.3. The molecule has 3 aromatic heterocycles. The highest BCUT2D eigenvalue weighted by Gasteiger charge is 2.09. The molecule has 0 saturated carbocycles. The summed E-state index contributed by atoms with van der Waals surface area (Å²) < 4.78 is 2.97. The molecule has 0 fully saturated rings. The molecule has 0 unspecified atom stereocenters. The first-order valence-electron chi connectivity index (χ1n) is 6.52. The highest BCUT2D eigenvalue weighted by atomic mass is 32.1. The number of aliphatic hydroxyl groups is 1. The molecular formula is C12H14N6O2S. The maximum atomic E-state index is 11.8. The summed E-state index contributed by atoms with van der Waals surface area (Å²) in [5.41, 5.74) is 1.33. The second-order valence-corrected chi connectivity index (χ2v) is 5.70. The van der Waals surface area contributed by atoms with Gasteiger partial charge in [0.25, 0.3) is 5.56 Å². The number of aromatic nitrogens is 6. The Bertz CT molecular complexity index is 821. The Kier molecular flexibility index (Phi) is 3.76. The van der Waals surface area contributed by atoms with E-state index in [1.165, 1.54) is 21.9 Å². The Morgan fingerprint density at radius 2 is 2.29 bits per heavy atom. The van der Waals surface area contributed by atoms with E-state index in [9.17, 15) is 4.79 Å². The van der Waals surface area contributed by atoms with Crippen LogP contribution in [-0.4, -0.2) is 41.3 Å². The van der Waals surface area contributed by atoms with Crippen LogP contribution in [0, 0.1) is 6.92 Å². The molecule has 0 aliphatic carbocycles. The van der Waals surface area contributed by atoms with Gasteiger partial charge in [-0.15, -0.1) is 5.10 Å². The van der Waals surface area contributed by atoms with Crippen LogP contribution in [0.25, 0.3) is 4.96 Å². The van der Waals surface area contributed by atoms with Gasteiger partial charge in [-0.05, 0) is 19.8 Å². The molecule has 0 spiro atoms. The Balaban J connectivity index is 1.83. The van der Waals surface area contributed by atoms with Crippen LogP contribution >= 0.6 is 11.3 Å². The number of aryl methyl sites for hydroxylation is 2. The van der Waals surface area contributed by atoms with Gasteiger partial charge in [0.1, 0.15) is 5.01 Å². The van der Waals surface area contributed by atoms with E-state index in [4.69, 9.17) is 5.11 Å². The van der Waals surface area contributed by atoms with Crippen molar-refractivity contribution in [2.45, 2.75) is 26.3 Å². The zero-order chi connectivity index (χ0) is 14.8. The third-order valence-electron chi connectivity index (χ3n) is 2.89. The van der Waals surface area contributed by atoms with Crippen molar-refractivity contribution >= 4 is 16.3 Å². The lowest BCUT2D eigenvalue weighted by atomic mass is 10.3. The molecule has 3 heterocycles. The van der Waals surface area contributed by atoms with Crippen LogP contribution in [0.5, 0.6) is 0 Å². The number of hydrogen-bond acceptors (Lipinski definition) is 7. The zero-order valence-corrected chi connectivity index (χ0v) is 12.2. The van der Waals surface area contributed by atoms with E-state index < -0.39 is 0 Å². The molecule has 0 aliphatic rings. The third kappa shape index (κ3) is 2.98. The lowest BCUT2D eigenvalue weighted by molar-refractivity contribution is 0.288. The topological polar surface area (TPSA) is 98.2 Å². The average Bonchev–Trinajstić information content (AvgIpc) is 3.03. The van der Waals surface area contributed by atoms with Gasteiger partial charge < -0.3 is 5.11 Å². The van der Waals surface area contributed by atoms with Crippen LogP contribution in [0.4, 0.5) is 0 Å². The Labute approximate surface area is 123 Å². The van der Waals surface area contributed by atoms with Crippen LogP contribution in [0.15, 0.2) is 17.1 Å². The minimum atomic E-state index is -0.178. The summed E-state index contributed by atoms with van der Waals surface area (Å²) >= 11 is 1.36. The van der Waals surface area contributed by atoms with Crippen molar-refractivity contribution in [3.8, 4) is 0 Å². The molecule has 3 rings (SSSR count). The molecule has 0 saturated heterocycles. The van der Waals surface area contributed by atoms with E-state index in [0.717, 1.165) is 10.7 Å². The molecule has 110 valence electrons. The standard InChI is InChI=1S/C12H14N6O2S/c1-8-5-11(20)18-12(13-8)21-10(15-18)7-17-6-9(14-16-17)3-2-4-19/h5-6,19H,2-4,7H2,1H3. The summed E-state index contributed by atoms with van der Waals surface area (Å²) in [5, 5.41) is 21.8. The van der Waals surface area contributed by atoms with Crippen molar-refractivity contribution < 1.29 is 5.11 Å². The van der Waals surface area contributed by atoms with Crippen molar-refractivity contribution in [1.82, 2.24) is 29.6 Å². The molecule has 3 aromatic rings. The SMILES string of the molecule is Cc1cc(=O)n2nc(Cn3cc(CCCO)nn3)sc2n1. The fourth-order valence-corrected chi connectivity index (χ4v) is 2.89. The second-order valence-electron chi connectivity index (χ2n) is 4.66. The van der Waals surface area contributed by atoms with Crippen molar-refractivity contribution in [3.63, 3.8) is 0 Å². The predicted molar refractivity (Wildman–Crippen MR) is 76.4 cm³/mol. The van der Waals surface area contributed by atoms with Crippen molar-refractivity contribution in [2.24, 2.45) is 0 Å². The number of fused-ring (bicyclic) bond motifs is 1. The molecule has 0 amide bonds. The van der Waals surface area contributed by atoms with E-state index in [-0.39, 0.29) is 12.2 Å². The van der Waals surface area contributed by atoms with E-state index in [1.54, 1.807) is 11.6 Å². The van der Waals surface area contributed by atoms with E-state index in [0.29, 0.717) is 30.0 Å². The number of rotatable bonds is 5. The van der Waals surface area contributed by atoms with Gasteiger partial charge in [-0.1, -0.05) is 16.6 Å². The van der Waals surface area contributed by atoms with Gasteiger partial charge >= 0.3 is 0 Å². The first-order valence-corrected chi connectivity index (χ1v) is 7.33. The summed E-state index contributed by atoms with van der Waals surface area (Å²) in [5.74, 6) is 0. The molecule has 0 radical (unpaired) electrons. The molecule has 8 nitrogen and oxygen atoms in total. The van der Waals surface area contributed by atoms with Crippen LogP contribution in [-0.2, 0) is 13.0 Å². The van der Waals surface area contributed by atoms with Gasteiger partial charge in [-0.25, -0.2) is 9.67 Å². The third-order valence-corrected chi connectivity index (χ3v) is 3.78. The maximum absolute atomic E-state index is 11.8. The Morgan fingerprint density at radius 3 is 3.10 bits per heavy atom. The fraction of sp³-hybridized carbons (Fsp3) is 0.417. The van der Waals surface area contributed by atoms with Gasteiger partial charge in [0.15, 0.2) is 0 Å². The highest BCUT2D eigenvalue weighted by molar-refractivity contribution is 7.16. The minimum absolute atomic E-state index is 0.138. The van der Waals surface area contributed by atoms with Crippen molar-refractivity contribution in [3.05, 3.63) is 39.0 Å². The summed E-state index contributed by atoms with van der Waals surface area (Å²) in [7, 11) is 0. The van der Waals surface area contributed by atoms with Crippen LogP contribution in [0.1, 0.15) is 22.8 Å². The summed E-state index contributed by atoms with van der Waals surface area (Å²) in [6, 6.07) is 1.46. The molecule has 0 bridgehead atoms. The Hall–Kier alpha value is -2.13. The quantitative estimate of drug-likeness (QED) is 0.714. The number of hydrogen-bond donors (Lipinski definition) is 1. The summed E-state index contributed by atoms with van der Waals surface area (Å²) in [4.78, 5) is 16.7. The second kappa shape index (κ2) is 5.70. The van der Waals surface area contributed by atoms with E-state index in [2.05, 4.69) is 20.4 Å². The summed E-state index contributed by atoms with van der Waals surface area (Å²) in [6.45, 7) is 2.36. The van der Waals surface area contributed by atoms with Gasteiger partial charge in [-0.3, -0.25) is 4.79 Å². The molecule has 0 aliphatic heterocycles. The monoisotopic (exact) mass is 306 g/mol. The van der Waals surface area contributed by atoms with Crippen molar-refractivity contribution in [1.29, 1.82) is 0 Å². The molecule has 9 heteroatoms. The fourth-order valence-electron chi connectivity index (χ4n) is 1.95. The number of nitrogens with zero attached hydrogens (tertiary/aromatic N) is 6. The minimum Gasteiger partial charge on any atom is -0.396 e. The summed E-state index contributed by atoms with van der Waals surface area (Å²) in [6.07, 6.45) is 3.18. The molecule has 21 heavy (non-hydrogen) atoms. The lowest BCUT2D eigenvalue weighted by Crippen LogP contribution is -2.14. The first-order chi connectivity index (χ1) is 10.2. The molecule has 0 atom stereocenters. The lowest BCUT2D eigenvalue weighted by Gasteiger charge is -1.93. The van der Waals surface area contributed by atoms with E-state index in [1.807, 2.05) is 6.20 Å². The predicted octanol–water partition coefficient (Wildman–Crippen LogP) is 0.0241.